The summed E-state index contributed by atoms with van der Waals surface area (Å²) in [6.45, 7) is 0. The molecule has 0 spiro atoms. The number of nitrogens with zero attached hydrogens (tertiary/aromatic N) is 1. The predicted molar refractivity (Wildman–Crippen MR) is 90.3 cm³/mol. The van der Waals surface area contributed by atoms with Gasteiger partial charge in [-0.05, 0) is 47.7 Å². The van der Waals surface area contributed by atoms with Gasteiger partial charge in [-0.2, -0.15) is 0 Å². The van der Waals surface area contributed by atoms with E-state index >= 15 is 0 Å². The van der Waals surface area contributed by atoms with Crippen molar-refractivity contribution in [1.82, 2.24) is 0 Å². The van der Waals surface area contributed by atoms with Gasteiger partial charge in [-0.15, -0.1) is 0 Å². The zero-order valence-electron chi connectivity index (χ0n) is 11.3. The summed E-state index contributed by atoms with van der Waals surface area (Å²) in [6, 6.07) is 13.8. The van der Waals surface area contributed by atoms with E-state index in [-0.39, 0.29) is 21.8 Å². The van der Waals surface area contributed by atoms with Gasteiger partial charge >= 0.3 is 0 Å². The summed E-state index contributed by atoms with van der Waals surface area (Å²) in [5.41, 5.74) is 1.36. The SMILES string of the molecule is N=C1S/C(=C\c2ccc(O)c(Cl)c2)C(=O)N1c1ccccc1. The maximum atomic E-state index is 12.5. The first kappa shape index (κ1) is 14.7. The number of amides is 1. The lowest BCUT2D eigenvalue weighted by molar-refractivity contribution is -0.113. The third-order valence-electron chi connectivity index (χ3n) is 3.11. The Labute approximate surface area is 136 Å². The van der Waals surface area contributed by atoms with Gasteiger partial charge in [0, 0.05) is 0 Å². The molecule has 0 bridgehead atoms. The minimum absolute atomic E-state index is 0.00660. The monoisotopic (exact) mass is 330 g/mol. The van der Waals surface area contributed by atoms with Crippen LogP contribution in [0.5, 0.6) is 5.75 Å². The van der Waals surface area contributed by atoms with Gasteiger partial charge in [-0.1, -0.05) is 35.9 Å². The lowest BCUT2D eigenvalue weighted by Gasteiger charge is -2.13. The molecule has 0 aliphatic carbocycles. The van der Waals surface area contributed by atoms with Crippen molar-refractivity contribution in [1.29, 1.82) is 5.41 Å². The minimum atomic E-state index is -0.245. The first-order valence-corrected chi connectivity index (χ1v) is 7.62. The van der Waals surface area contributed by atoms with Crippen LogP contribution in [0.1, 0.15) is 5.56 Å². The number of halogens is 1. The van der Waals surface area contributed by atoms with E-state index in [9.17, 15) is 9.90 Å². The van der Waals surface area contributed by atoms with Crippen molar-refractivity contribution >= 4 is 46.2 Å². The fourth-order valence-corrected chi connectivity index (χ4v) is 3.11. The summed E-state index contributed by atoms with van der Waals surface area (Å²) in [4.78, 5) is 14.3. The summed E-state index contributed by atoms with van der Waals surface area (Å²) in [7, 11) is 0. The predicted octanol–water partition coefficient (Wildman–Crippen LogP) is 4.10. The van der Waals surface area contributed by atoms with Crippen LogP contribution in [-0.4, -0.2) is 16.2 Å². The third-order valence-corrected chi connectivity index (χ3v) is 4.30. The number of carbonyl (C=O) groups excluding carboxylic acids is 1. The highest BCUT2D eigenvalue weighted by Gasteiger charge is 2.33. The smallest absolute Gasteiger partial charge is 0.271 e. The molecule has 1 saturated heterocycles. The number of carbonyl (C=O) groups is 1. The molecule has 2 N–H and O–H groups in total. The lowest BCUT2D eigenvalue weighted by atomic mass is 10.2. The van der Waals surface area contributed by atoms with E-state index in [2.05, 4.69) is 0 Å². The second kappa shape index (κ2) is 5.87. The number of para-hydroxylation sites is 1. The van der Waals surface area contributed by atoms with Gasteiger partial charge in [-0.25, -0.2) is 0 Å². The maximum absolute atomic E-state index is 12.5. The Bertz CT molecular complexity index is 790. The van der Waals surface area contributed by atoms with Crippen LogP contribution in [0.4, 0.5) is 5.69 Å². The molecule has 110 valence electrons. The molecule has 0 radical (unpaired) electrons. The van der Waals surface area contributed by atoms with Crippen LogP contribution in [-0.2, 0) is 4.79 Å². The Morgan fingerprint density at radius 3 is 2.59 bits per heavy atom. The number of rotatable bonds is 2. The van der Waals surface area contributed by atoms with E-state index in [1.807, 2.05) is 18.2 Å². The highest BCUT2D eigenvalue weighted by Crippen LogP contribution is 2.35. The Balaban J connectivity index is 1.93. The Morgan fingerprint density at radius 2 is 1.91 bits per heavy atom. The van der Waals surface area contributed by atoms with Gasteiger partial charge < -0.3 is 5.11 Å². The summed E-state index contributed by atoms with van der Waals surface area (Å²) < 4.78 is 0. The fraction of sp³-hybridized carbons (Fsp3) is 0. The molecule has 3 rings (SSSR count). The van der Waals surface area contributed by atoms with Gasteiger partial charge in [0.05, 0.1) is 15.6 Å². The highest BCUT2D eigenvalue weighted by atomic mass is 35.5. The topological polar surface area (TPSA) is 64.4 Å². The molecule has 0 aromatic heterocycles. The molecule has 4 nitrogen and oxygen atoms in total. The van der Waals surface area contributed by atoms with Crippen molar-refractivity contribution in [3.63, 3.8) is 0 Å². The standard InChI is InChI=1S/C16H11ClN2O2S/c17-12-8-10(6-7-13(12)20)9-14-15(21)19(16(18)22-14)11-4-2-1-3-5-11/h1-9,18,20H/b14-9-,18-16?. The summed E-state index contributed by atoms with van der Waals surface area (Å²) in [5, 5.41) is 17.8. The number of benzene rings is 2. The van der Waals surface area contributed by atoms with Crippen LogP contribution in [0.15, 0.2) is 53.4 Å². The average molecular weight is 331 g/mol. The molecule has 6 heteroatoms. The van der Waals surface area contributed by atoms with Gasteiger partial charge in [0.25, 0.3) is 5.91 Å². The molecule has 1 fully saturated rings. The molecule has 0 unspecified atom stereocenters. The minimum Gasteiger partial charge on any atom is -0.506 e. The molecule has 1 heterocycles. The van der Waals surface area contributed by atoms with Crippen LogP contribution in [0.3, 0.4) is 0 Å². The van der Waals surface area contributed by atoms with Crippen molar-refractivity contribution < 1.29 is 9.90 Å². The molecular formula is C16H11ClN2O2S. The van der Waals surface area contributed by atoms with Crippen LogP contribution in [0.25, 0.3) is 6.08 Å². The number of aromatic hydroxyl groups is 1. The third kappa shape index (κ3) is 2.73. The molecule has 0 atom stereocenters. The average Bonchev–Trinajstić information content (AvgIpc) is 2.78. The van der Waals surface area contributed by atoms with Crippen molar-refractivity contribution in [2.45, 2.75) is 0 Å². The molecule has 2 aromatic carbocycles. The number of phenolic OH excluding ortho intramolecular Hbond substituents is 1. The van der Waals surface area contributed by atoms with Crippen LogP contribution >= 0.6 is 23.4 Å². The number of amidine groups is 1. The fourth-order valence-electron chi connectivity index (χ4n) is 2.06. The van der Waals surface area contributed by atoms with E-state index in [4.69, 9.17) is 17.0 Å². The Hall–Kier alpha value is -2.24. The van der Waals surface area contributed by atoms with Crippen LogP contribution in [0.2, 0.25) is 5.02 Å². The Morgan fingerprint density at radius 1 is 1.18 bits per heavy atom. The number of phenols is 1. The summed E-state index contributed by atoms with van der Waals surface area (Å²) in [6.07, 6.45) is 1.66. The molecule has 1 aliphatic rings. The summed E-state index contributed by atoms with van der Waals surface area (Å²) in [5.74, 6) is -0.252. The molecule has 1 amide bonds. The van der Waals surface area contributed by atoms with Gasteiger partial charge in [0.1, 0.15) is 5.75 Å². The highest BCUT2D eigenvalue weighted by molar-refractivity contribution is 8.19. The van der Waals surface area contributed by atoms with E-state index in [1.54, 1.807) is 30.3 Å². The van der Waals surface area contributed by atoms with Gasteiger partial charge in [0.2, 0.25) is 0 Å². The van der Waals surface area contributed by atoms with Crippen molar-refractivity contribution in [3.8, 4) is 5.75 Å². The number of nitrogens with one attached hydrogen (secondary N) is 1. The van der Waals surface area contributed by atoms with Crippen molar-refractivity contribution in [2.75, 3.05) is 4.90 Å². The van der Waals surface area contributed by atoms with E-state index in [1.165, 1.54) is 11.0 Å². The normalized spacial score (nSPS) is 16.6. The van der Waals surface area contributed by atoms with Crippen molar-refractivity contribution in [2.24, 2.45) is 0 Å². The summed E-state index contributed by atoms with van der Waals surface area (Å²) >= 11 is 6.96. The van der Waals surface area contributed by atoms with Gasteiger partial charge in [-0.3, -0.25) is 15.1 Å². The number of thioether (sulfide) groups is 1. The second-order valence-electron chi connectivity index (χ2n) is 4.60. The Kier molecular flexibility index (Phi) is 3.92. The van der Waals surface area contributed by atoms with E-state index < -0.39 is 0 Å². The quantitative estimate of drug-likeness (QED) is 0.815. The van der Waals surface area contributed by atoms with Crippen LogP contribution < -0.4 is 4.90 Å². The molecule has 2 aromatic rings. The molecular weight excluding hydrogens is 320 g/mol. The maximum Gasteiger partial charge on any atom is 0.271 e. The zero-order chi connectivity index (χ0) is 15.7. The largest absolute Gasteiger partial charge is 0.506 e. The lowest BCUT2D eigenvalue weighted by Crippen LogP contribution is -2.27. The number of hydrogen-bond donors (Lipinski definition) is 2. The molecule has 22 heavy (non-hydrogen) atoms. The zero-order valence-corrected chi connectivity index (χ0v) is 12.9. The first-order valence-electron chi connectivity index (χ1n) is 6.42. The van der Waals surface area contributed by atoms with E-state index in [0.29, 0.717) is 16.2 Å². The number of anilines is 1. The van der Waals surface area contributed by atoms with Gasteiger partial charge in [0.15, 0.2) is 5.17 Å². The van der Waals surface area contributed by atoms with Crippen molar-refractivity contribution in [3.05, 3.63) is 64.0 Å². The second-order valence-corrected chi connectivity index (χ2v) is 6.04. The first-order chi connectivity index (χ1) is 10.6. The molecule has 1 aliphatic heterocycles. The number of hydrogen-bond acceptors (Lipinski definition) is 4. The van der Waals surface area contributed by atoms with E-state index in [0.717, 1.165) is 11.8 Å². The van der Waals surface area contributed by atoms with Crippen LogP contribution in [0, 0.1) is 5.41 Å². The molecule has 0 saturated carbocycles.